The van der Waals surface area contributed by atoms with Gasteiger partial charge in [0.2, 0.25) is 5.75 Å². The number of benzene rings is 2. The maximum absolute atomic E-state index is 13.3. The van der Waals surface area contributed by atoms with E-state index in [-0.39, 0.29) is 22.9 Å². The molecule has 0 spiro atoms. The molecule has 1 aliphatic rings. The molecule has 3 aromatic rings. The summed E-state index contributed by atoms with van der Waals surface area (Å²) < 4.78 is 7.36. The lowest BCUT2D eigenvalue weighted by molar-refractivity contribution is -0.385. The Hall–Kier alpha value is -3.07. The molecule has 1 saturated carbocycles. The van der Waals surface area contributed by atoms with Crippen LogP contribution in [0.3, 0.4) is 0 Å². The molecule has 1 heterocycles. The summed E-state index contributed by atoms with van der Waals surface area (Å²) in [7, 11) is 1.37. The molecule has 0 aliphatic heterocycles. The first-order chi connectivity index (χ1) is 15.0. The van der Waals surface area contributed by atoms with Crippen LogP contribution < -0.4 is 10.3 Å². The molecule has 0 N–H and O–H groups in total. The maximum Gasteiger partial charge on any atom is 0.311 e. The fourth-order valence-corrected chi connectivity index (χ4v) is 4.39. The minimum Gasteiger partial charge on any atom is -0.490 e. The van der Waals surface area contributed by atoms with Crippen molar-refractivity contribution >= 4 is 38.7 Å². The van der Waals surface area contributed by atoms with Crippen molar-refractivity contribution in [3.05, 3.63) is 72.7 Å². The van der Waals surface area contributed by atoms with Crippen LogP contribution in [0.4, 0.5) is 5.69 Å². The first-order valence-electron chi connectivity index (χ1n) is 10.1. The van der Waals surface area contributed by atoms with Gasteiger partial charge in [-0.1, -0.05) is 41.3 Å². The third-order valence-corrected chi connectivity index (χ3v) is 6.03. The van der Waals surface area contributed by atoms with Crippen LogP contribution >= 0.6 is 15.9 Å². The van der Waals surface area contributed by atoms with Gasteiger partial charge in [-0.25, -0.2) is 4.98 Å². The number of nitro benzene ring substituents is 1. The van der Waals surface area contributed by atoms with Crippen molar-refractivity contribution < 1.29 is 9.66 Å². The van der Waals surface area contributed by atoms with Crippen molar-refractivity contribution in [3.8, 4) is 5.75 Å². The van der Waals surface area contributed by atoms with Gasteiger partial charge in [-0.3, -0.25) is 14.9 Å². The number of fused-ring (bicyclic) bond motifs is 1. The van der Waals surface area contributed by atoms with Gasteiger partial charge >= 0.3 is 5.69 Å². The summed E-state index contributed by atoms with van der Waals surface area (Å²) in [5.74, 6) is 0.860. The zero-order valence-corrected chi connectivity index (χ0v) is 18.5. The van der Waals surface area contributed by atoms with Crippen LogP contribution in [0, 0.1) is 10.1 Å². The van der Waals surface area contributed by atoms with Gasteiger partial charge in [-0.15, -0.1) is 0 Å². The van der Waals surface area contributed by atoms with Crippen molar-refractivity contribution in [1.82, 2.24) is 9.66 Å². The lowest BCUT2D eigenvalue weighted by Gasteiger charge is -2.22. The summed E-state index contributed by atoms with van der Waals surface area (Å²) in [5.41, 5.74) is 0.611. The summed E-state index contributed by atoms with van der Waals surface area (Å²) in [6, 6.07) is 10.0. The van der Waals surface area contributed by atoms with Crippen LogP contribution in [0.15, 0.2) is 50.8 Å². The number of nitrogens with zero attached hydrogens (tertiary/aromatic N) is 4. The molecule has 0 radical (unpaired) electrons. The number of hydrogen-bond donors (Lipinski definition) is 0. The summed E-state index contributed by atoms with van der Waals surface area (Å²) in [5, 5.41) is 16.2. The predicted molar refractivity (Wildman–Crippen MR) is 122 cm³/mol. The molecular weight excluding hydrogens is 464 g/mol. The van der Waals surface area contributed by atoms with Gasteiger partial charge < -0.3 is 4.74 Å². The van der Waals surface area contributed by atoms with Crippen molar-refractivity contribution in [1.29, 1.82) is 0 Å². The lowest BCUT2D eigenvalue weighted by Crippen LogP contribution is -2.25. The van der Waals surface area contributed by atoms with Gasteiger partial charge in [0.15, 0.2) is 0 Å². The number of nitro groups is 1. The molecule has 2 aromatic carbocycles. The number of rotatable bonds is 5. The van der Waals surface area contributed by atoms with Crippen LogP contribution in [-0.2, 0) is 0 Å². The number of ether oxygens (including phenoxy) is 1. The molecular formula is C22H21BrN4O4. The van der Waals surface area contributed by atoms with Crippen molar-refractivity contribution in [2.24, 2.45) is 5.10 Å². The van der Waals surface area contributed by atoms with E-state index in [1.54, 1.807) is 18.2 Å². The van der Waals surface area contributed by atoms with Crippen molar-refractivity contribution in [2.45, 2.75) is 38.0 Å². The fraction of sp³-hybridized carbons (Fsp3) is 0.318. The minimum absolute atomic E-state index is 0.0972. The van der Waals surface area contributed by atoms with E-state index in [1.165, 1.54) is 30.5 Å². The van der Waals surface area contributed by atoms with Gasteiger partial charge in [0.1, 0.15) is 5.82 Å². The van der Waals surface area contributed by atoms with Crippen LogP contribution in [0.25, 0.3) is 10.9 Å². The molecule has 0 atom stereocenters. The highest BCUT2D eigenvalue weighted by molar-refractivity contribution is 9.10. The molecule has 1 aliphatic carbocycles. The Morgan fingerprint density at radius 1 is 1.26 bits per heavy atom. The summed E-state index contributed by atoms with van der Waals surface area (Å²) in [6.07, 6.45) is 6.66. The average Bonchev–Trinajstić information content (AvgIpc) is 2.79. The molecule has 0 unspecified atom stereocenters. The monoisotopic (exact) mass is 484 g/mol. The highest BCUT2D eigenvalue weighted by atomic mass is 79.9. The molecule has 4 rings (SSSR count). The summed E-state index contributed by atoms with van der Waals surface area (Å²) in [4.78, 5) is 28.9. The first kappa shape index (κ1) is 21.2. The zero-order chi connectivity index (χ0) is 22.0. The van der Waals surface area contributed by atoms with Gasteiger partial charge in [0, 0.05) is 22.0 Å². The van der Waals surface area contributed by atoms with Crippen LogP contribution in [0.1, 0.15) is 49.4 Å². The van der Waals surface area contributed by atoms with E-state index in [2.05, 4.69) is 21.0 Å². The first-order valence-corrected chi connectivity index (χ1v) is 10.9. The SMILES string of the molecule is COc1c(C=Nn2c(C3CCCCC3)nc3ccc(Br)cc3c2=O)cccc1[N+](=O)[O-]. The van der Waals surface area contributed by atoms with Gasteiger partial charge in [0.25, 0.3) is 5.56 Å². The molecule has 1 aromatic heterocycles. The molecule has 0 amide bonds. The summed E-state index contributed by atoms with van der Waals surface area (Å²) in [6.45, 7) is 0. The third-order valence-electron chi connectivity index (χ3n) is 5.54. The normalized spacial score (nSPS) is 14.9. The average molecular weight is 485 g/mol. The largest absolute Gasteiger partial charge is 0.490 e. The Bertz CT molecular complexity index is 1230. The molecule has 160 valence electrons. The van der Waals surface area contributed by atoms with E-state index in [9.17, 15) is 14.9 Å². The fourth-order valence-electron chi connectivity index (χ4n) is 4.03. The van der Waals surface area contributed by atoms with Crippen LogP contribution in [-0.4, -0.2) is 27.9 Å². The topological polar surface area (TPSA) is 99.6 Å². The van der Waals surface area contributed by atoms with Crippen molar-refractivity contribution in [2.75, 3.05) is 7.11 Å². The van der Waals surface area contributed by atoms with E-state index in [0.29, 0.717) is 22.3 Å². The second-order valence-electron chi connectivity index (χ2n) is 7.48. The molecule has 9 heteroatoms. The molecule has 8 nitrogen and oxygen atoms in total. The molecule has 0 bridgehead atoms. The number of halogens is 1. The van der Waals surface area contributed by atoms with E-state index < -0.39 is 4.92 Å². The second kappa shape index (κ2) is 8.97. The highest BCUT2D eigenvalue weighted by Crippen LogP contribution is 2.32. The second-order valence-corrected chi connectivity index (χ2v) is 8.40. The zero-order valence-electron chi connectivity index (χ0n) is 17.0. The smallest absolute Gasteiger partial charge is 0.311 e. The Balaban J connectivity index is 1.88. The Morgan fingerprint density at radius 3 is 2.74 bits per heavy atom. The Morgan fingerprint density at radius 2 is 2.03 bits per heavy atom. The Labute approximate surface area is 186 Å². The minimum atomic E-state index is -0.509. The lowest BCUT2D eigenvalue weighted by atomic mass is 9.88. The third kappa shape index (κ3) is 4.23. The molecule has 31 heavy (non-hydrogen) atoms. The number of methoxy groups -OCH3 is 1. The van der Waals surface area contributed by atoms with Crippen molar-refractivity contribution in [3.63, 3.8) is 0 Å². The van der Waals surface area contributed by atoms with E-state index >= 15 is 0 Å². The van der Waals surface area contributed by atoms with Crippen LogP contribution in [0.5, 0.6) is 5.75 Å². The van der Waals surface area contributed by atoms with Gasteiger partial charge in [0.05, 0.1) is 29.2 Å². The van der Waals surface area contributed by atoms with Crippen LogP contribution in [0.2, 0.25) is 0 Å². The summed E-state index contributed by atoms with van der Waals surface area (Å²) >= 11 is 3.41. The predicted octanol–water partition coefficient (Wildman–Crippen LogP) is 5.01. The van der Waals surface area contributed by atoms with Gasteiger partial charge in [-0.2, -0.15) is 9.78 Å². The number of aromatic nitrogens is 2. The highest BCUT2D eigenvalue weighted by Gasteiger charge is 2.23. The Kier molecular flexibility index (Phi) is 6.13. The maximum atomic E-state index is 13.3. The number of para-hydroxylation sites is 1. The molecule has 0 saturated heterocycles. The van der Waals surface area contributed by atoms with E-state index in [0.717, 1.165) is 30.2 Å². The van der Waals surface area contributed by atoms with E-state index in [4.69, 9.17) is 9.72 Å². The number of hydrogen-bond acceptors (Lipinski definition) is 6. The van der Waals surface area contributed by atoms with E-state index in [1.807, 2.05) is 12.1 Å². The standard InChI is InChI=1S/C22H21BrN4O4/c1-31-20-15(8-5-9-19(20)27(29)30)13-24-26-21(14-6-3-2-4-7-14)25-18-11-10-16(23)12-17(18)22(26)28/h5,8-14H,2-4,6-7H2,1H3. The quantitative estimate of drug-likeness (QED) is 0.288. The molecule has 1 fully saturated rings. The van der Waals surface area contributed by atoms with Gasteiger partial charge in [-0.05, 0) is 37.1 Å².